The number of ether oxygens (including phenoxy) is 1. The molecule has 0 aromatic heterocycles. The van der Waals surface area contributed by atoms with Crippen molar-refractivity contribution < 1.29 is 17.5 Å². The Morgan fingerprint density at radius 1 is 1.29 bits per heavy atom. The minimum atomic E-state index is -3.73. The van der Waals surface area contributed by atoms with Gasteiger partial charge in [0.1, 0.15) is 5.82 Å². The molecule has 1 aliphatic rings. The van der Waals surface area contributed by atoms with Gasteiger partial charge < -0.3 is 4.74 Å². The third-order valence-electron chi connectivity index (χ3n) is 3.46. The van der Waals surface area contributed by atoms with Crippen LogP contribution < -0.4 is 0 Å². The van der Waals surface area contributed by atoms with Crippen molar-refractivity contribution >= 4 is 10.0 Å². The van der Waals surface area contributed by atoms with Crippen LogP contribution in [0, 0.1) is 17.1 Å². The van der Waals surface area contributed by atoms with Gasteiger partial charge in [-0.05, 0) is 37.1 Å². The van der Waals surface area contributed by atoms with Crippen molar-refractivity contribution in [2.24, 2.45) is 0 Å². The summed E-state index contributed by atoms with van der Waals surface area (Å²) in [7, 11) is -3.73. The molecule has 1 fully saturated rings. The lowest BCUT2D eigenvalue weighted by Crippen LogP contribution is -2.43. The molecule has 0 atom stereocenters. The van der Waals surface area contributed by atoms with Crippen LogP contribution in [-0.2, 0) is 14.8 Å². The molecule has 7 heteroatoms. The number of hydrogen-bond donors (Lipinski definition) is 0. The summed E-state index contributed by atoms with van der Waals surface area (Å²) in [6.07, 6.45) is 1.33. The second-order valence-electron chi connectivity index (χ2n) is 4.82. The summed E-state index contributed by atoms with van der Waals surface area (Å²) in [4.78, 5) is 0.0494. The van der Waals surface area contributed by atoms with Gasteiger partial charge in [-0.2, -0.15) is 9.57 Å². The third kappa shape index (κ3) is 3.79. The van der Waals surface area contributed by atoms with Gasteiger partial charge in [-0.1, -0.05) is 0 Å². The molecule has 0 bridgehead atoms. The van der Waals surface area contributed by atoms with E-state index < -0.39 is 15.8 Å². The molecule has 1 aliphatic heterocycles. The van der Waals surface area contributed by atoms with Gasteiger partial charge in [0.25, 0.3) is 0 Å². The summed E-state index contributed by atoms with van der Waals surface area (Å²) >= 11 is 0. The largest absolute Gasteiger partial charge is 0.381 e. The number of sulfonamides is 1. The Morgan fingerprint density at radius 2 is 1.90 bits per heavy atom. The predicted molar refractivity (Wildman–Crippen MR) is 74.4 cm³/mol. The van der Waals surface area contributed by atoms with Gasteiger partial charge in [-0.25, -0.2) is 12.8 Å². The molecule has 1 aromatic carbocycles. The zero-order valence-corrected chi connectivity index (χ0v) is 12.4. The van der Waals surface area contributed by atoms with Crippen LogP contribution in [0.5, 0.6) is 0 Å². The Hall–Kier alpha value is -1.49. The molecule has 2 rings (SSSR count). The Balaban J connectivity index is 2.29. The van der Waals surface area contributed by atoms with Gasteiger partial charge in [0.15, 0.2) is 0 Å². The minimum Gasteiger partial charge on any atom is -0.381 e. The zero-order valence-electron chi connectivity index (χ0n) is 11.5. The molecule has 0 radical (unpaired) electrons. The van der Waals surface area contributed by atoms with Gasteiger partial charge in [-0.15, -0.1) is 0 Å². The van der Waals surface area contributed by atoms with E-state index in [1.165, 1.54) is 16.4 Å². The van der Waals surface area contributed by atoms with E-state index >= 15 is 0 Å². The molecule has 1 saturated heterocycles. The van der Waals surface area contributed by atoms with E-state index in [1.807, 2.05) is 6.07 Å². The second-order valence-corrected chi connectivity index (χ2v) is 6.71. The summed E-state index contributed by atoms with van der Waals surface area (Å²) < 4.78 is 45.0. The Morgan fingerprint density at radius 3 is 2.48 bits per heavy atom. The quantitative estimate of drug-likeness (QED) is 0.832. The van der Waals surface area contributed by atoms with Crippen molar-refractivity contribution in [2.45, 2.75) is 30.2 Å². The summed E-state index contributed by atoms with van der Waals surface area (Å²) in [6.45, 7) is 1.15. The lowest BCUT2D eigenvalue weighted by molar-refractivity contribution is 0.0588. The van der Waals surface area contributed by atoms with E-state index in [1.54, 1.807) is 0 Å². The van der Waals surface area contributed by atoms with Crippen LogP contribution in [0.1, 0.15) is 19.3 Å². The van der Waals surface area contributed by atoms with Crippen molar-refractivity contribution in [1.29, 1.82) is 5.26 Å². The van der Waals surface area contributed by atoms with Crippen LogP contribution in [0.4, 0.5) is 4.39 Å². The van der Waals surface area contributed by atoms with Crippen LogP contribution >= 0.6 is 0 Å². The molecular formula is C14H17FN2O3S. The zero-order chi connectivity index (χ0) is 15.3. The number of hydrogen-bond acceptors (Lipinski definition) is 4. The van der Waals surface area contributed by atoms with Crippen LogP contribution in [0.2, 0.25) is 0 Å². The van der Waals surface area contributed by atoms with E-state index in [0.717, 1.165) is 12.1 Å². The van der Waals surface area contributed by atoms with Crippen LogP contribution in [0.25, 0.3) is 0 Å². The third-order valence-corrected chi connectivity index (χ3v) is 5.43. The first kappa shape index (κ1) is 15.9. The SMILES string of the molecule is N#CCCN(C1CCOCC1)S(=O)(=O)c1ccc(F)cc1. The highest BCUT2D eigenvalue weighted by atomic mass is 32.2. The number of benzene rings is 1. The van der Waals surface area contributed by atoms with Crippen molar-refractivity contribution in [1.82, 2.24) is 4.31 Å². The fourth-order valence-corrected chi connectivity index (χ4v) is 4.06. The average molecular weight is 312 g/mol. The molecule has 114 valence electrons. The molecule has 0 unspecified atom stereocenters. The summed E-state index contributed by atoms with van der Waals surface area (Å²) in [6, 6.07) is 6.55. The monoisotopic (exact) mass is 312 g/mol. The second kappa shape index (κ2) is 6.98. The molecule has 0 spiro atoms. The first-order valence-electron chi connectivity index (χ1n) is 6.78. The Kier molecular flexibility index (Phi) is 5.28. The minimum absolute atomic E-state index is 0.0494. The van der Waals surface area contributed by atoms with E-state index in [0.29, 0.717) is 26.1 Å². The summed E-state index contributed by atoms with van der Waals surface area (Å²) in [5.41, 5.74) is 0. The van der Waals surface area contributed by atoms with Gasteiger partial charge in [-0.3, -0.25) is 0 Å². The molecule has 5 nitrogen and oxygen atoms in total. The highest BCUT2D eigenvalue weighted by molar-refractivity contribution is 7.89. The number of halogens is 1. The molecule has 0 aliphatic carbocycles. The van der Waals surface area contributed by atoms with Gasteiger partial charge in [0, 0.05) is 32.2 Å². The lowest BCUT2D eigenvalue weighted by Gasteiger charge is -2.32. The van der Waals surface area contributed by atoms with Gasteiger partial charge in [0.05, 0.1) is 11.0 Å². The molecule has 0 saturated carbocycles. The predicted octanol–water partition coefficient (Wildman–Crippen LogP) is 1.91. The molecular weight excluding hydrogens is 295 g/mol. The highest BCUT2D eigenvalue weighted by Gasteiger charge is 2.32. The van der Waals surface area contributed by atoms with Gasteiger partial charge >= 0.3 is 0 Å². The van der Waals surface area contributed by atoms with E-state index in [-0.39, 0.29) is 23.9 Å². The van der Waals surface area contributed by atoms with Crippen LogP contribution in [-0.4, -0.2) is 38.5 Å². The maximum Gasteiger partial charge on any atom is 0.243 e. The van der Waals surface area contributed by atoms with Crippen LogP contribution in [0.15, 0.2) is 29.2 Å². The fourth-order valence-electron chi connectivity index (χ4n) is 2.37. The Bertz CT molecular complexity index is 604. The van der Waals surface area contributed by atoms with Crippen molar-refractivity contribution in [2.75, 3.05) is 19.8 Å². The topological polar surface area (TPSA) is 70.4 Å². The maximum atomic E-state index is 13.0. The van der Waals surface area contributed by atoms with Crippen molar-refractivity contribution in [3.63, 3.8) is 0 Å². The summed E-state index contributed by atoms with van der Waals surface area (Å²) in [5.74, 6) is -0.483. The first-order valence-corrected chi connectivity index (χ1v) is 8.22. The van der Waals surface area contributed by atoms with E-state index in [9.17, 15) is 12.8 Å². The Labute approximate surface area is 124 Å². The molecule has 0 amide bonds. The highest BCUT2D eigenvalue weighted by Crippen LogP contribution is 2.24. The maximum absolute atomic E-state index is 13.0. The lowest BCUT2D eigenvalue weighted by atomic mass is 10.1. The number of rotatable bonds is 5. The first-order chi connectivity index (χ1) is 10.1. The smallest absolute Gasteiger partial charge is 0.243 e. The molecule has 21 heavy (non-hydrogen) atoms. The average Bonchev–Trinajstić information content (AvgIpc) is 2.49. The van der Waals surface area contributed by atoms with Gasteiger partial charge in [0.2, 0.25) is 10.0 Å². The van der Waals surface area contributed by atoms with Crippen molar-refractivity contribution in [3.05, 3.63) is 30.1 Å². The standard InChI is InChI=1S/C14H17FN2O3S/c15-12-2-4-14(5-3-12)21(18,19)17(9-1-8-16)13-6-10-20-11-7-13/h2-5,13H,1,6-7,9-11H2. The van der Waals surface area contributed by atoms with E-state index in [2.05, 4.69) is 0 Å². The van der Waals surface area contributed by atoms with Crippen molar-refractivity contribution in [3.8, 4) is 6.07 Å². The number of nitriles is 1. The molecule has 1 heterocycles. The normalized spacial score (nSPS) is 16.8. The molecule has 1 aromatic rings. The molecule has 0 N–H and O–H groups in total. The van der Waals surface area contributed by atoms with E-state index in [4.69, 9.17) is 10.00 Å². The number of nitrogens with zero attached hydrogens (tertiary/aromatic N) is 2. The summed E-state index contributed by atoms with van der Waals surface area (Å²) in [5, 5.41) is 8.74. The van der Waals surface area contributed by atoms with Crippen LogP contribution in [0.3, 0.4) is 0 Å². The fraction of sp³-hybridized carbons (Fsp3) is 0.500.